The molecule has 0 saturated heterocycles. The maximum Gasteiger partial charge on any atom is 0.138 e. The van der Waals surface area contributed by atoms with Crippen molar-refractivity contribution < 1.29 is 0 Å². The fourth-order valence-electron chi connectivity index (χ4n) is 1.47. The van der Waals surface area contributed by atoms with Gasteiger partial charge in [-0.2, -0.15) is 0 Å². The third-order valence-electron chi connectivity index (χ3n) is 2.80. The number of aromatic nitrogens is 2. The van der Waals surface area contributed by atoms with Gasteiger partial charge in [0.25, 0.3) is 0 Å². The molecule has 3 heteroatoms. The molecule has 2 aromatic heterocycles. The molecule has 2 rings (SSSR count). The molecule has 2 heterocycles. The summed E-state index contributed by atoms with van der Waals surface area (Å²) in [6, 6.07) is 6.56. The SMILES string of the molecule is CC(C)C(C)Nc1cccc2nccn12. The second-order valence-corrected chi connectivity index (χ2v) is 4.24. The highest BCUT2D eigenvalue weighted by Crippen LogP contribution is 2.14. The molecule has 2 aromatic rings. The maximum absolute atomic E-state index is 4.25. The van der Waals surface area contributed by atoms with Gasteiger partial charge in [-0.25, -0.2) is 4.98 Å². The number of hydrogen-bond donors (Lipinski definition) is 1. The summed E-state index contributed by atoms with van der Waals surface area (Å²) >= 11 is 0. The molecule has 0 amide bonds. The number of hydrogen-bond acceptors (Lipinski definition) is 2. The van der Waals surface area contributed by atoms with Gasteiger partial charge in [0.1, 0.15) is 11.5 Å². The van der Waals surface area contributed by atoms with Gasteiger partial charge in [0, 0.05) is 18.4 Å². The van der Waals surface area contributed by atoms with Crippen LogP contribution in [0.2, 0.25) is 0 Å². The third kappa shape index (κ3) is 1.96. The van der Waals surface area contributed by atoms with E-state index in [1.54, 1.807) is 0 Å². The van der Waals surface area contributed by atoms with Crippen molar-refractivity contribution in [2.45, 2.75) is 26.8 Å². The molecular weight excluding hydrogens is 186 g/mol. The van der Waals surface area contributed by atoms with Gasteiger partial charge in [0.15, 0.2) is 0 Å². The third-order valence-corrected chi connectivity index (χ3v) is 2.80. The molecule has 0 bridgehead atoms. The topological polar surface area (TPSA) is 29.3 Å². The Morgan fingerprint density at radius 3 is 2.80 bits per heavy atom. The summed E-state index contributed by atoms with van der Waals surface area (Å²) in [5.74, 6) is 1.72. The number of pyridine rings is 1. The van der Waals surface area contributed by atoms with Gasteiger partial charge in [0.2, 0.25) is 0 Å². The fraction of sp³-hybridized carbons (Fsp3) is 0.417. The van der Waals surface area contributed by atoms with Gasteiger partial charge in [0.05, 0.1) is 0 Å². The van der Waals surface area contributed by atoms with Crippen molar-refractivity contribution in [3.63, 3.8) is 0 Å². The van der Waals surface area contributed by atoms with Crippen LogP contribution in [0.25, 0.3) is 5.65 Å². The molecule has 80 valence electrons. The highest BCUT2D eigenvalue weighted by Gasteiger charge is 2.08. The highest BCUT2D eigenvalue weighted by atomic mass is 15.1. The summed E-state index contributed by atoms with van der Waals surface area (Å²) in [5, 5.41) is 3.49. The molecule has 1 atom stereocenters. The van der Waals surface area contributed by atoms with Gasteiger partial charge in [-0.05, 0) is 25.0 Å². The van der Waals surface area contributed by atoms with E-state index in [1.165, 1.54) is 0 Å². The number of nitrogens with one attached hydrogen (secondary N) is 1. The Morgan fingerprint density at radius 2 is 2.07 bits per heavy atom. The average molecular weight is 203 g/mol. The number of rotatable bonds is 3. The van der Waals surface area contributed by atoms with E-state index in [0.29, 0.717) is 12.0 Å². The van der Waals surface area contributed by atoms with Crippen LogP contribution < -0.4 is 5.32 Å². The minimum atomic E-state index is 0.456. The number of nitrogens with zero attached hydrogens (tertiary/aromatic N) is 2. The standard InChI is InChI=1S/C12H17N3/c1-9(2)10(3)14-12-6-4-5-11-13-7-8-15(11)12/h4-10,14H,1-3H3. The Morgan fingerprint density at radius 1 is 1.27 bits per heavy atom. The largest absolute Gasteiger partial charge is 0.368 e. The van der Waals surface area contributed by atoms with Crippen LogP contribution in [0.4, 0.5) is 5.82 Å². The van der Waals surface area contributed by atoms with Crippen molar-refractivity contribution in [3.8, 4) is 0 Å². The van der Waals surface area contributed by atoms with E-state index in [0.717, 1.165) is 11.5 Å². The number of imidazole rings is 1. The molecule has 0 spiro atoms. The number of fused-ring (bicyclic) bond motifs is 1. The monoisotopic (exact) mass is 203 g/mol. The van der Waals surface area contributed by atoms with Crippen molar-refractivity contribution >= 4 is 11.5 Å². The molecule has 3 nitrogen and oxygen atoms in total. The molecule has 0 radical (unpaired) electrons. The fourth-order valence-corrected chi connectivity index (χ4v) is 1.47. The van der Waals surface area contributed by atoms with Gasteiger partial charge in [-0.15, -0.1) is 0 Å². The normalized spacial score (nSPS) is 13.3. The van der Waals surface area contributed by atoms with Crippen molar-refractivity contribution in [2.75, 3.05) is 5.32 Å². The van der Waals surface area contributed by atoms with E-state index in [2.05, 4.69) is 41.5 Å². The summed E-state index contributed by atoms with van der Waals surface area (Å²) in [4.78, 5) is 4.25. The quantitative estimate of drug-likeness (QED) is 0.831. The molecule has 1 N–H and O–H groups in total. The van der Waals surface area contributed by atoms with Crippen LogP contribution >= 0.6 is 0 Å². The minimum absolute atomic E-state index is 0.456. The lowest BCUT2D eigenvalue weighted by molar-refractivity contribution is 0.557. The average Bonchev–Trinajstić information content (AvgIpc) is 2.66. The van der Waals surface area contributed by atoms with Crippen LogP contribution in [0.1, 0.15) is 20.8 Å². The molecule has 0 fully saturated rings. The van der Waals surface area contributed by atoms with Gasteiger partial charge < -0.3 is 5.32 Å². The predicted molar refractivity (Wildman–Crippen MR) is 63.1 cm³/mol. The molecule has 0 aliphatic heterocycles. The van der Waals surface area contributed by atoms with Crippen LogP contribution in [0, 0.1) is 5.92 Å². The smallest absolute Gasteiger partial charge is 0.138 e. The molecule has 0 aromatic carbocycles. The molecule has 1 unspecified atom stereocenters. The van der Waals surface area contributed by atoms with E-state index in [4.69, 9.17) is 0 Å². The Bertz CT molecular complexity index is 445. The first-order valence-corrected chi connectivity index (χ1v) is 5.37. The van der Waals surface area contributed by atoms with Gasteiger partial charge in [-0.3, -0.25) is 4.40 Å². The van der Waals surface area contributed by atoms with Crippen LogP contribution in [0.5, 0.6) is 0 Å². The van der Waals surface area contributed by atoms with E-state index in [9.17, 15) is 0 Å². The molecule has 0 saturated carbocycles. The first kappa shape index (κ1) is 10.0. The first-order chi connectivity index (χ1) is 7.18. The molecule has 0 aliphatic rings. The number of anilines is 1. The summed E-state index contributed by atoms with van der Waals surface area (Å²) in [6.07, 6.45) is 3.80. The summed E-state index contributed by atoms with van der Waals surface area (Å²) in [7, 11) is 0. The van der Waals surface area contributed by atoms with E-state index < -0.39 is 0 Å². The van der Waals surface area contributed by atoms with Crippen LogP contribution in [-0.4, -0.2) is 15.4 Å². The zero-order valence-corrected chi connectivity index (χ0v) is 9.44. The van der Waals surface area contributed by atoms with E-state index in [-0.39, 0.29) is 0 Å². The predicted octanol–water partition coefficient (Wildman–Crippen LogP) is 2.79. The highest BCUT2D eigenvalue weighted by molar-refractivity contribution is 5.50. The molecule has 0 aliphatic carbocycles. The Kier molecular flexibility index (Phi) is 2.62. The summed E-state index contributed by atoms with van der Waals surface area (Å²) in [5.41, 5.74) is 0.982. The van der Waals surface area contributed by atoms with Gasteiger partial charge >= 0.3 is 0 Å². The van der Waals surface area contributed by atoms with Gasteiger partial charge in [-0.1, -0.05) is 19.9 Å². The van der Waals surface area contributed by atoms with Crippen molar-refractivity contribution in [1.82, 2.24) is 9.38 Å². The lowest BCUT2D eigenvalue weighted by atomic mass is 10.1. The van der Waals surface area contributed by atoms with Crippen LogP contribution in [0.15, 0.2) is 30.6 Å². The van der Waals surface area contributed by atoms with Crippen molar-refractivity contribution in [2.24, 2.45) is 5.92 Å². The Labute approximate surface area is 90.1 Å². The van der Waals surface area contributed by atoms with Crippen LogP contribution in [-0.2, 0) is 0 Å². The Balaban J connectivity index is 2.31. The lowest BCUT2D eigenvalue weighted by Crippen LogP contribution is -2.22. The summed E-state index contributed by atoms with van der Waals surface area (Å²) < 4.78 is 2.07. The maximum atomic E-state index is 4.25. The van der Waals surface area contributed by atoms with Crippen LogP contribution in [0.3, 0.4) is 0 Å². The Hall–Kier alpha value is -1.51. The van der Waals surface area contributed by atoms with E-state index >= 15 is 0 Å². The second-order valence-electron chi connectivity index (χ2n) is 4.24. The zero-order valence-electron chi connectivity index (χ0n) is 9.44. The van der Waals surface area contributed by atoms with E-state index in [1.807, 2.05) is 24.5 Å². The first-order valence-electron chi connectivity index (χ1n) is 5.37. The molecule has 15 heavy (non-hydrogen) atoms. The van der Waals surface area contributed by atoms with Crippen molar-refractivity contribution in [1.29, 1.82) is 0 Å². The van der Waals surface area contributed by atoms with Crippen molar-refractivity contribution in [3.05, 3.63) is 30.6 Å². The summed E-state index contributed by atoms with van der Waals surface area (Å²) in [6.45, 7) is 6.62. The second kappa shape index (κ2) is 3.93. The minimum Gasteiger partial charge on any atom is -0.368 e. The zero-order chi connectivity index (χ0) is 10.8. The lowest BCUT2D eigenvalue weighted by Gasteiger charge is -2.19. The molecular formula is C12H17N3.